The van der Waals surface area contributed by atoms with Crippen molar-refractivity contribution in [3.63, 3.8) is 0 Å². The highest BCUT2D eigenvalue weighted by atomic mass is 35.5. The predicted octanol–water partition coefficient (Wildman–Crippen LogP) is 23.4. The summed E-state index contributed by atoms with van der Waals surface area (Å²) in [5, 5.41) is 40.3. The molecule has 0 spiro atoms. The van der Waals surface area contributed by atoms with E-state index in [4.69, 9.17) is 97.7 Å². The second-order valence-corrected chi connectivity index (χ2v) is 48.8. The minimum absolute atomic E-state index is 0.00254. The predicted molar refractivity (Wildman–Crippen MR) is 575 cm³/mol. The van der Waals surface area contributed by atoms with Crippen LogP contribution in [-0.4, -0.2) is 130 Å². The molecule has 4 heterocycles. The first-order chi connectivity index (χ1) is 67.9. The van der Waals surface area contributed by atoms with Gasteiger partial charge in [-0.2, -0.15) is 26.0 Å². The molecule has 17 rings (SSSR count). The van der Waals surface area contributed by atoms with Crippen LogP contribution in [0.25, 0.3) is 33.4 Å². The van der Waals surface area contributed by atoms with Crippen molar-refractivity contribution in [2.45, 2.75) is 180 Å². The molecule has 144 heavy (non-hydrogen) atoms. The molecule has 2 bridgehead atoms. The molecule has 3 unspecified atom stereocenters. The van der Waals surface area contributed by atoms with Crippen LogP contribution in [0.5, 0.6) is 28.7 Å². The maximum absolute atomic E-state index is 11.9. The van der Waals surface area contributed by atoms with Crippen molar-refractivity contribution in [2.75, 3.05) is 77.6 Å². The summed E-state index contributed by atoms with van der Waals surface area (Å²) in [4.78, 5) is 19.6. The number of hydrogen-bond acceptors (Lipinski definition) is 22. The summed E-state index contributed by atoms with van der Waals surface area (Å²) in [6.45, 7) is 25.5. The van der Waals surface area contributed by atoms with E-state index in [1.54, 1.807) is 6.20 Å². The third-order valence-corrected chi connectivity index (χ3v) is 30.5. The summed E-state index contributed by atoms with van der Waals surface area (Å²) in [5.74, 6) is 6.61. The van der Waals surface area contributed by atoms with Gasteiger partial charge in [-0.25, -0.2) is 48.9 Å². The van der Waals surface area contributed by atoms with Crippen LogP contribution in [0.3, 0.4) is 0 Å². The highest BCUT2D eigenvalue weighted by Crippen LogP contribution is 2.69. The molecule has 9 aromatic carbocycles. The van der Waals surface area contributed by atoms with Gasteiger partial charge in [0.1, 0.15) is 54.9 Å². The number of nitrogens with one attached hydrogen (secondary N) is 4. The fraction of sp³-hybridized carbons (Fsp3) is 0.361. The van der Waals surface area contributed by atoms with E-state index in [0.29, 0.717) is 115 Å². The Morgan fingerprint density at radius 1 is 0.493 bits per heavy atom. The third-order valence-electron chi connectivity index (χ3n) is 26.4. The van der Waals surface area contributed by atoms with Crippen molar-refractivity contribution in [2.24, 2.45) is 5.41 Å². The molecular formula is C108H115Cl6N13O13S4. The number of oxazole rings is 1. The van der Waals surface area contributed by atoms with Gasteiger partial charge >= 0.3 is 6.01 Å². The van der Waals surface area contributed by atoms with Crippen LogP contribution in [0.4, 0.5) is 17.7 Å². The molecule has 0 saturated heterocycles. The molecule has 0 amide bonds. The van der Waals surface area contributed by atoms with Crippen LogP contribution in [0.15, 0.2) is 187 Å². The number of rotatable bonds is 34. The molecule has 12 aromatic rings. The average Bonchev–Trinajstić information content (AvgIpc) is 0.783. The molecule has 1 aliphatic heterocycles. The Morgan fingerprint density at radius 2 is 0.917 bits per heavy atom. The van der Waals surface area contributed by atoms with E-state index >= 15 is 0 Å². The van der Waals surface area contributed by atoms with Crippen LogP contribution < -0.4 is 47.5 Å². The Kier molecular flexibility index (Phi) is 34.2. The number of aromatic nitrogens is 4. The summed E-state index contributed by atoms with van der Waals surface area (Å²) in [7, 11) is -12.4. The summed E-state index contributed by atoms with van der Waals surface area (Å²) >= 11 is 37.4. The van der Waals surface area contributed by atoms with E-state index in [1.807, 2.05) is 141 Å². The van der Waals surface area contributed by atoms with Crippen LogP contribution in [-0.2, 0) is 80.9 Å². The second kappa shape index (κ2) is 44.9. The van der Waals surface area contributed by atoms with E-state index in [0.717, 1.165) is 158 Å². The van der Waals surface area contributed by atoms with Crippen LogP contribution in [0, 0.1) is 50.7 Å². The van der Waals surface area contributed by atoms with Crippen molar-refractivity contribution in [3.8, 4) is 75.3 Å². The van der Waals surface area contributed by atoms with Crippen molar-refractivity contribution >= 4 is 144 Å². The third kappa shape index (κ3) is 26.0. The van der Waals surface area contributed by atoms with Gasteiger partial charge in [0.2, 0.25) is 36.0 Å². The summed E-state index contributed by atoms with van der Waals surface area (Å²) in [6, 6.07) is 63.8. The van der Waals surface area contributed by atoms with E-state index in [-0.39, 0.29) is 53.7 Å². The normalized spacial score (nSPS) is 16.5. The number of benzene rings is 9. The smallest absolute Gasteiger partial charge is 0.307 e. The standard InChI is InChI=1S/C28H29Cl2N3O3S.C27H25Cl2N3O3S.C27H33ClN2O4S.C26H28ClN5O3S/c1-28(2,22-13-19(16-31)27(24(30)15-22)36-12-11-29)21-9-7-18(8-10-21)20-14-23-25(32-17-20)5-4-6-26(23)33-37(3,34)35;1-27(2,21-13-19(16-30)25(22(29)15-21)34-12-11-28)20-8-5-17(6-9-20)18-7-10-23-24(14-18)35-26(31-23)32-36(3,4)33;1-6-11-33-24-19(14-29)12-21(13-23(24)28)25(3,4)20-7-9-22(10-8-20)34-18(2)26-15-27(16-26,17-26)30-35(5,31)32;1-5-10-35-24-17(13-28)11-20(12-22(24)27)26(2,3)19-6-8-21(9-7-19)32-15-18-14-29-25(30-23(18)16-32)31-36(4,33)34/h7-10,13-15,17,26,33H,4-6,11-12H2,1-3H3;5-10,13-15H,3,11-12H2,1-2,4H3,(H,31,32,33);7-10,12-13,18,30H,6,11,15-17H2,1-5H3;6-9,11-12,14H,5,10,15-16H2,1-4H3,(H,29,30,31). The molecule has 3 aromatic heterocycles. The van der Waals surface area contributed by atoms with E-state index in [1.165, 1.54) is 18.8 Å². The molecule has 0 radical (unpaired) electrons. The van der Waals surface area contributed by atoms with E-state index < -0.39 is 56.0 Å². The number of fused-ring (bicyclic) bond motifs is 3. The molecular weight excluding hydrogens is 2030 g/mol. The molecule has 3 atom stereocenters. The van der Waals surface area contributed by atoms with Gasteiger partial charge in [0, 0.05) is 96.1 Å². The van der Waals surface area contributed by atoms with Gasteiger partial charge < -0.3 is 33.0 Å². The van der Waals surface area contributed by atoms with Gasteiger partial charge in [-0.1, -0.05) is 195 Å². The zero-order valence-corrected chi connectivity index (χ0v) is 90.5. The maximum Gasteiger partial charge on any atom is 0.307 e. The zero-order valence-electron chi connectivity index (χ0n) is 82.7. The largest absolute Gasteiger partial charge is 0.491 e. The summed E-state index contributed by atoms with van der Waals surface area (Å²) < 4.78 is 127. The minimum atomic E-state index is -3.44. The number of halogens is 6. The molecule has 3 fully saturated rings. The molecule has 26 nitrogen and oxygen atoms in total. The molecule has 4 N–H and O–H groups in total. The molecule has 4 aliphatic carbocycles. The quantitative estimate of drug-likeness (QED) is 0.0215. The molecule has 36 heteroatoms. The first-order valence-electron chi connectivity index (χ1n) is 46.6. The number of hydrogen-bond donors (Lipinski definition) is 4. The number of anilines is 3. The van der Waals surface area contributed by atoms with Crippen LogP contribution in [0.2, 0.25) is 20.1 Å². The van der Waals surface area contributed by atoms with E-state index in [2.05, 4.69) is 185 Å². The van der Waals surface area contributed by atoms with Crippen LogP contribution in [0.1, 0.15) is 216 Å². The summed E-state index contributed by atoms with van der Waals surface area (Å²) in [6.07, 6.45) is 15.1. The molecule has 3 saturated carbocycles. The fourth-order valence-electron chi connectivity index (χ4n) is 18.5. The summed E-state index contributed by atoms with van der Waals surface area (Å²) in [5.41, 5.74) is 17.4. The first kappa shape index (κ1) is 110. The highest BCUT2D eigenvalue weighted by molar-refractivity contribution is 8.00. The Hall–Kier alpha value is -11.4. The first-order valence-corrected chi connectivity index (χ1v) is 57.0. The minimum Gasteiger partial charge on any atom is -0.491 e. The Balaban J connectivity index is 0.000000161. The Bertz CT molecular complexity index is 7460. The number of nitriles is 4. The van der Waals surface area contributed by atoms with Crippen molar-refractivity contribution < 1.29 is 57.6 Å². The number of sulfonamides is 3. The van der Waals surface area contributed by atoms with Gasteiger partial charge in [-0.15, -0.1) is 23.2 Å². The van der Waals surface area contributed by atoms with Gasteiger partial charge in [-0.05, 0) is 222 Å². The number of pyridine rings is 1. The van der Waals surface area contributed by atoms with Crippen molar-refractivity contribution in [1.29, 1.82) is 21.0 Å². The maximum atomic E-state index is 11.9. The second-order valence-electron chi connectivity index (χ2n) is 38.9. The highest BCUT2D eigenvalue weighted by Gasteiger charge is 2.71. The number of ether oxygens (including phenoxy) is 5. The number of alkyl halides is 2. The molecule has 5 aliphatic rings. The SMILES string of the molecule is C=S(C)(=O)Nc1nc2ccc(-c3ccc(C(C)(C)c4cc(Cl)c(OCCCl)c(C#N)c4)cc3)cc2o1.CC(C)(c1ccc(-c2cnc3c(c2)C(NS(C)(=O)=O)CCC3)cc1)c1cc(Cl)c(OCCCl)c(C#N)c1.CCCOc1c(Cl)cc(C(C)(C)c2ccc(N3Cc4cnc(NS(C)(=O)=O)nc4C3)cc2)cc1C#N.CCCOc1c(Cl)cc(C(C)(C)c2ccc(OC(C)C34CC(NS(C)(=O)=O)(C3)C4)cc2)cc1C#N. The van der Waals surface area contributed by atoms with Gasteiger partial charge in [-0.3, -0.25) is 14.4 Å². The lowest BCUT2D eigenvalue weighted by Gasteiger charge is -2.71. The van der Waals surface area contributed by atoms with Crippen LogP contribution >= 0.6 is 69.6 Å². The van der Waals surface area contributed by atoms with Crippen molar-refractivity contribution in [3.05, 3.63) is 292 Å². The number of nitrogens with zero attached hydrogens (tertiary/aromatic N) is 9. The monoisotopic (exact) mass is 2140 g/mol. The van der Waals surface area contributed by atoms with Gasteiger partial charge in [0.25, 0.3) is 0 Å². The van der Waals surface area contributed by atoms with Gasteiger partial charge in [0.15, 0.2) is 28.6 Å². The Labute approximate surface area is 874 Å². The lowest BCUT2D eigenvalue weighted by atomic mass is 9.38. The van der Waals surface area contributed by atoms with Gasteiger partial charge in [0.05, 0.1) is 98.3 Å². The fourth-order valence-corrected chi connectivity index (χ4v) is 22.4. The molecule has 756 valence electrons. The average molecular weight is 2140 g/mol. The zero-order chi connectivity index (χ0) is 105. The Morgan fingerprint density at radius 3 is 1.33 bits per heavy atom. The lowest BCUT2D eigenvalue weighted by Crippen LogP contribution is -2.77. The number of aryl methyl sites for hydroxylation is 1. The lowest BCUT2D eigenvalue weighted by molar-refractivity contribution is -0.193. The van der Waals surface area contributed by atoms with Crippen molar-refractivity contribution in [1.82, 2.24) is 29.4 Å². The topological polar surface area (TPSA) is 377 Å². The van der Waals surface area contributed by atoms with E-state index in [9.17, 15) is 50.5 Å².